The van der Waals surface area contributed by atoms with Gasteiger partial charge in [-0.2, -0.15) is 0 Å². The van der Waals surface area contributed by atoms with E-state index in [2.05, 4.69) is 5.32 Å². The first kappa shape index (κ1) is 28.9. The van der Waals surface area contributed by atoms with Crippen LogP contribution in [-0.2, 0) is 20.7 Å². The summed E-state index contributed by atoms with van der Waals surface area (Å²) in [5.41, 5.74) is 8.10. The second-order valence-electron chi connectivity index (χ2n) is 9.05. The molecule has 37 heavy (non-hydrogen) atoms. The third kappa shape index (κ3) is 7.91. The van der Waals surface area contributed by atoms with Crippen LogP contribution in [0.2, 0.25) is 0 Å². The molecule has 1 unspecified atom stereocenters. The lowest BCUT2D eigenvalue weighted by atomic mass is 9.91. The number of ether oxygens (including phenoxy) is 2. The van der Waals surface area contributed by atoms with Gasteiger partial charge in [-0.3, -0.25) is 9.59 Å². The monoisotopic (exact) mass is 534 g/mol. The number of hydrogen-bond donors (Lipinski definition) is 6. The van der Waals surface area contributed by atoms with Crippen LogP contribution in [0.5, 0.6) is 5.75 Å². The number of nitrogens with two attached hydrogens (primary N) is 1. The van der Waals surface area contributed by atoms with Gasteiger partial charge in [0.25, 0.3) is 0 Å². The maximum atomic E-state index is 11.6. The number of hydrogen-bond acceptors (Lipinski definition) is 9. The molecule has 1 aliphatic heterocycles. The molecule has 0 spiro atoms. The Morgan fingerprint density at radius 2 is 1.81 bits per heavy atom. The van der Waals surface area contributed by atoms with E-state index in [9.17, 15) is 30.0 Å². The van der Waals surface area contributed by atoms with E-state index in [-0.39, 0.29) is 19.6 Å². The Morgan fingerprint density at radius 1 is 1.11 bits per heavy atom. The maximum Gasteiger partial charge on any atom is 0.236 e. The van der Waals surface area contributed by atoms with Gasteiger partial charge in [-0.25, -0.2) is 0 Å². The third-order valence-electron chi connectivity index (χ3n) is 6.14. The van der Waals surface area contributed by atoms with E-state index in [4.69, 9.17) is 15.2 Å². The van der Waals surface area contributed by atoms with Crippen LogP contribution in [0.25, 0.3) is 0 Å². The molecule has 2 amide bonds. The molecule has 7 N–H and O–H groups in total. The van der Waals surface area contributed by atoms with Gasteiger partial charge in [0.15, 0.2) is 0 Å². The molecule has 10 nitrogen and oxygen atoms in total. The number of aliphatic hydroxyl groups is 4. The zero-order chi connectivity index (χ0) is 27.1. The molecule has 0 radical (unpaired) electrons. The fraction of sp³-hybridized carbons (Fsp3) is 0.462. The Kier molecular flexibility index (Phi) is 10.3. The van der Waals surface area contributed by atoms with Crippen molar-refractivity contribution < 1.29 is 39.5 Å². The van der Waals surface area contributed by atoms with Crippen molar-refractivity contribution in [2.45, 2.75) is 55.7 Å². The van der Waals surface area contributed by atoms with E-state index in [0.29, 0.717) is 17.7 Å². The van der Waals surface area contributed by atoms with Gasteiger partial charge in [0.2, 0.25) is 11.8 Å². The molecule has 1 heterocycles. The van der Waals surface area contributed by atoms with E-state index >= 15 is 0 Å². The number of carbonyl (C=O) groups excluding carboxylic acids is 2. The molecule has 2 aromatic carbocycles. The highest BCUT2D eigenvalue weighted by molar-refractivity contribution is 7.99. The van der Waals surface area contributed by atoms with E-state index in [1.54, 1.807) is 18.4 Å². The molecule has 202 valence electrons. The fourth-order valence-electron chi connectivity index (χ4n) is 4.02. The molecule has 1 aliphatic rings. The number of thioether (sulfide) groups is 1. The maximum absolute atomic E-state index is 11.6. The Labute approximate surface area is 219 Å². The quantitative estimate of drug-likeness (QED) is 0.235. The molecule has 0 aromatic heterocycles. The van der Waals surface area contributed by atoms with E-state index < -0.39 is 47.8 Å². The Bertz CT molecular complexity index is 1070. The predicted octanol–water partition coefficient (Wildman–Crippen LogP) is 0.160. The van der Waals surface area contributed by atoms with Gasteiger partial charge in [0.1, 0.15) is 42.2 Å². The zero-order valence-corrected chi connectivity index (χ0v) is 21.6. The first-order valence-corrected chi connectivity index (χ1v) is 13.1. The first-order valence-electron chi connectivity index (χ1n) is 11.9. The topological polar surface area (TPSA) is 172 Å². The fourth-order valence-corrected chi connectivity index (χ4v) is 4.69. The number of rotatable bonds is 11. The molecule has 11 heteroatoms. The summed E-state index contributed by atoms with van der Waals surface area (Å²) < 4.78 is 11.5. The molecular formula is C26H34N2O8S. The summed E-state index contributed by atoms with van der Waals surface area (Å²) in [6.45, 7) is 1.61. The summed E-state index contributed by atoms with van der Waals surface area (Å²) >= 11 is 1.27. The molecular weight excluding hydrogens is 500 g/mol. The minimum Gasteiger partial charge on any atom is -0.491 e. The van der Waals surface area contributed by atoms with Crippen LogP contribution in [0.4, 0.5) is 0 Å². The van der Waals surface area contributed by atoms with Crippen molar-refractivity contribution in [2.24, 2.45) is 5.73 Å². The third-order valence-corrected chi connectivity index (χ3v) is 7.00. The van der Waals surface area contributed by atoms with Gasteiger partial charge in [-0.15, -0.1) is 11.8 Å². The van der Waals surface area contributed by atoms with E-state index in [0.717, 1.165) is 16.7 Å². The number of nitrogens with one attached hydrogen (secondary N) is 1. The Balaban J connectivity index is 1.60. The van der Waals surface area contributed by atoms with Crippen LogP contribution < -0.4 is 15.8 Å². The molecule has 1 saturated heterocycles. The summed E-state index contributed by atoms with van der Waals surface area (Å²) in [5.74, 6) is -0.632. The lowest BCUT2D eigenvalue weighted by Gasteiger charge is -2.40. The molecule has 0 aliphatic carbocycles. The van der Waals surface area contributed by atoms with Crippen molar-refractivity contribution in [3.05, 3.63) is 64.7 Å². The van der Waals surface area contributed by atoms with Gasteiger partial charge in [0, 0.05) is 0 Å². The van der Waals surface area contributed by atoms with E-state index in [1.165, 1.54) is 11.8 Å². The molecule has 0 bridgehead atoms. The lowest BCUT2D eigenvalue weighted by Crippen LogP contribution is -2.52. The number of primary amides is 1. The highest BCUT2D eigenvalue weighted by atomic mass is 32.2. The van der Waals surface area contributed by atoms with Crippen LogP contribution in [0, 0.1) is 6.92 Å². The summed E-state index contributed by atoms with van der Waals surface area (Å²) in [6, 6.07) is 13.0. The van der Waals surface area contributed by atoms with Crippen molar-refractivity contribution in [1.82, 2.24) is 5.32 Å². The minimum atomic E-state index is -1.31. The number of benzene rings is 2. The van der Waals surface area contributed by atoms with Crippen LogP contribution >= 0.6 is 11.8 Å². The van der Waals surface area contributed by atoms with E-state index in [1.807, 2.05) is 37.3 Å². The largest absolute Gasteiger partial charge is 0.491 e. The number of aryl methyl sites for hydroxylation is 1. The molecule has 0 saturated carbocycles. The second kappa shape index (κ2) is 13.2. The van der Waals surface area contributed by atoms with Gasteiger partial charge in [-0.05, 0) is 54.0 Å². The second-order valence-corrected chi connectivity index (χ2v) is 9.99. The average molecular weight is 535 g/mol. The molecule has 1 fully saturated rings. The summed E-state index contributed by atoms with van der Waals surface area (Å²) in [6.07, 6.45) is -3.39. The van der Waals surface area contributed by atoms with Gasteiger partial charge in [0.05, 0.1) is 19.1 Å². The SMILES string of the molecule is CS[C@H]1O[C@@H](c2ccc(C)c(Cc3ccc(OCC(O)CC(=O)NCC(N)=O)cc3)c2)[C@H](O)[C@@H](O)[C@@H]1O. The predicted molar refractivity (Wildman–Crippen MR) is 138 cm³/mol. The van der Waals surface area contributed by atoms with Gasteiger partial charge >= 0.3 is 0 Å². The highest BCUT2D eigenvalue weighted by Crippen LogP contribution is 2.36. The van der Waals surface area contributed by atoms with Crippen molar-refractivity contribution in [2.75, 3.05) is 19.4 Å². The first-order chi connectivity index (χ1) is 17.6. The highest BCUT2D eigenvalue weighted by Gasteiger charge is 2.44. The summed E-state index contributed by atoms with van der Waals surface area (Å²) in [4.78, 5) is 22.3. The number of amides is 2. The summed E-state index contributed by atoms with van der Waals surface area (Å²) in [5, 5.41) is 43.2. The molecule has 6 atom stereocenters. The number of aliphatic hydroxyl groups excluding tert-OH is 4. The summed E-state index contributed by atoms with van der Waals surface area (Å²) in [7, 11) is 0. The minimum absolute atomic E-state index is 0.0915. The van der Waals surface area contributed by atoms with Crippen LogP contribution in [0.15, 0.2) is 42.5 Å². The van der Waals surface area contributed by atoms with Gasteiger partial charge in [-0.1, -0.05) is 30.3 Å². The van der Waals surface area contributed by atoms with Crippen LogP contribution in [0.3, 0.4) is 0 Å². The standard InChI is InChI=1S/C26H34N2O8S/c1-14-3-6-16(25-23(33)22(32)24(34)26(36-25)37-2)10-17(14)9-15-4-7-19(8-5-15)35-13-18(29)11-21(31)28-12-20(27)30/h3-8,10,18,22-26,29,32-34H,9,11-13H2,1-2H3,(H2,27,30)(H,28,31)/t18?,22-,23-,24+,25+,26-/m1/s1. The van der Waals surface area contributed by atoms with Crippen LogP contribution in [0.1, 0.15) is 34.8 Å². The van der Waals surface area contributed by atoms with Crippen molar-refractivity contribution in [3.8, 4) is 5.75 Å². The van der Waals surface area contributed by atoms with Crippen LogP contribution in [-0.4, -0.2) is 81.5 Å². The average Bonchev–Trinajstić information content (AvgIpc) is 2.87. The lowest BCUT2D eigenvalue weighted by molar-refractivity contribution is -0.200. The van der Waals surface area contributed by atoms with Crippen molar-refractivity contribution in [3.63, 3.8) is 0 Å². The zero-order valence-electron chi connectivity index (χ0n) is 20.7. The van der Waals surface area contributed by atoms with Crippen molar-refractivity contribution in [1.29, 1.82) is 0 Å². The smallest absolute Gasteiger partial charge is 0.236 e. The number of carbonyl (C=O) groups is 2. The Hall–Kier alpha value is -2.67. The molecule has 2 aromatic rings. The Morgan fingerprint density at radius 3 is 2.46 bits per heavy atom. The molecule has 3 rings (SSSR count). The van der Waals surface area contributed by atoms with Crippen molar-refractivity contribution >= 4 is 23.6 Å². The van der Waals surface area contributed by atoms with Gasteiger partial charge < -0.3 is 41.0 Å². The normalized spacial score (nSPS) is 24.3.